The third-order valence-electron chi connectivity index (χ3n) is 4.45. The van der Waals surface area contributed by atoms with E-state index >= 15 is 0 Å². The number of morpholine rings is 1. The summed E-state index contributed by atoms with van der Waals surface area (Å²) in [4.78, 5) is 24.8. The Morgan fingerprint density at radius 1 is 1.24 bits per heavy atom. The first-order valence-electron chi connectivity index (χ1n) is 8.42. The molecule has 2 aromatic heterocycles. The van der Waals surface area contributed by atoms with Gasteiger partial charge in [-0.3, -0.25) is 4.79 Å². The zero-order valence-electron chi connectivity index (χ0n) is 13.8. The maximum atomic E-state index is 12.3. The molecule has 2 aliphatic rings. The average Bonchev–Trinajstić information content (AvgIpc) is 3.34. The second-order valence-electron chi connectivity index (χ2n) is 6.11. The fourth-order valence-corrected chi connectivity index (χ4v) is 3.11. The van der Waals surface area contributed by atoms with Crippen LogP contribution < -0.4 is 9.64 Å². The molecule has 0 spiro atoms. The Morgan fingerprint density at radius 2 is 2.12 bits per heavy atom. The standard InChI is InChI=1S/C17H20N4O4/c22-17(13-2-6-24-11-13)21-3-1-14(10-21)25-16-9-15(18-12-19-16)20-4-7-23-8-5-20/h2,6,9,11-12,14H,1,3-5,7-8,10H2/t14-/m0/s1. The SMILES string of the molecule is O=C(c1ccoc1)N1CC[C@H](Oc2cc(N3CCOCC3)ncn2)C1. The molecule has 0 radical (unpaired) electrons. The first-order chi connectivity index (χ1) is 12.3. The van der Waals surface area contributed by atoms with E-state index in [0.717, 1.165) is 25.3 Å². The van der Waals surface area contributed by atoms with E-state index in [1.165, 1.54) is 18.9 Å². The van der Waals surface area contributed by atoms with Gasteiger partial charge in [0.1, 0.15) is 24.5 Å². The van der Waals surface area contributed by atoms with Crippen LogP contribution in [0.1, 0.15) is 16.8 Å². The fraction of sp³-hybridized carbons (Fsp3) is 0.471. The molecule has 2 fully saturated rings. The van der Waals surface area contributed by atoms with Gasteiger partial charge < -0.3 is 23.7 Å². The van der Waals surface area contributed by atoms with Crippen LogP contribution in [0.3, 0.4) is 0 Å². The largest absolute Gasteiger partial charge is 0.472 e. The van der Waals surface area contributed by atoms with Crippen molar-refractivity contribution in [3.05, 3.63) is 36.5 Å². The number of furan rings is 1. The molecule has 8 heteroatoms. The number of rotatable bonds is 4. The predicted octanol–water partition coefficient (Wildman–Crippen LogP) is 1.20. The molecule has 0 aromatic carbocycles. The van der Waals surface area contributed by atoms with Gasteiger partial charge in [-0.1, -0.05) is 0 Å². The van der Waals surface area contributed by atoms with E-state index in [1.54, 1.807) is 11.0 Å². The third kappa shape index (κ3) is 3.58. The number of ether oxygens (including phenoxy) is 2. The van der Waals surface area contributed by atoms with Gasteiger partial charge in [0.05, 0.1) is 31.6 Å². The summed E-state index contributed by atoms with van der Waals surface area (Å²) in [6.07, 6.45) is 5.20. The van der Waals surface area contributed by atoms with Crippen LogP contribution >= 0.6 is 0 Å². The van der Waals surface area contributed by atoms with E-state index in [9.17, 15) is 4.79 Å². The van der Waals surface area contributed by atoms with Gasteiger partial charge in [-0.25, -0.2) is 9.97 Å². The lowest BCUT2D eigenvalue weighted by atomic mass is 10.3. The third-order valence-corrected chi connectivity index (χ3v) is 4.45. The first-order valence-corrected chi connectivity index (χ1v) is 8.42. The first kappa shape index (κ1) is 15.9. The molecule has 132 valence electrons. The van der Waals surface area contributed by atoms with Crippen LogP contribution in [0, 0.1) is 0 Å². The van der Waals surface area contributed by atoms with E-state index in [-0.39, 0.29) is 12.0 Å². The molecule has 0 aliphatic carbocycles. The lowest BCUT2D eigenvalue weighted by molar-refractivity contribution is 0.0770. The summed E-state index contributed by atoms with van der Waals surface area (Å²) < 4.78 is 16.3. The van der Waals surface area contributed by atoms with Crippen LogP contribution in [-0.2, 0) is 4.74 Å². The smallest absolute Gasteiger partial charge is 0.257 e. The van der Waals surface area contributed by atoms with E-state index in [0.29, 0.717) is 37.7 Å². The molecule has 0 unspecified atom stereocenters. The topological polar surface area (TPSA) is 80.9 Å². The molecule has 0 bridgehead atoms. The van der Waals surface area contributed by atoms with Crippen molar-refractivity contribution in [1.82, 2.24) is 14.9 Å². The quantitative estimate of drug-likeness (QED) is 0.824. The zero-order valence-corrected chi connectivity index (χ0v) is 13.8. The van der Waals surface area contributed by atoms with E-state index in [4.69, 9.17) is 13.9 Å². The Hall–Kier alpha value is -2.61. The normalized spacial score (nSPS) is 20.7. The Labute approximate surface area is 145 Å². The molecule has 0 saturated carbocycles. The molecule has 2 saturated heterocycles. The van der Waals surface area contributed by atoms with Gasteiger partial charge in [0.2, 0.25) is 5.88 Å². The summed E-state index contributed by atoms with van der Waals surface area (Å²) in [6.45, 7) is 4.23. The molecule has 25 heavy (non-hydrogen) atoms. The van der Waals surface area contributed by atoms with E-state index in [2.05, 4.69) is 14.9 Å². The van der Waals surface area contributed by atoms with E-state index in [1.807, 2.05) is 6.07 Å². The Bertz CT molecular complexity index is 715. The van der Waals surface area contributed by atoms with Crippen molar-refractivity contribution < 1.29 is 18.7 Å². The molecule has 1 amide bonds. The Kier molecular flexibility index (Phi) is 4.51. The molecule has 0 N–H and O–H groups in total. The number of anilines is 1. The molecule has 4 rings (SSSR count). The molecule has 1 atom stereocenters. The van der Waals surface area contributed by atoms with Crippen molar-refractivity contribution in [2.45, 2.75) is 12.5 Å². The van der Waals surface area contributed by atoms with Crippen molar-refractivity contribution in [3.8, 4) is 5.88 Å². The van der Waals surface area contributed by atoms with Gasteiger partial charge in [-0.15, -0.1) is 0 Å². The molecule has 4 heterocycles. The Balaban J connectivity index is 1.37. The number of aromatic nitrogens is 2. The van der Waals surface area contributed by atoms with Crippen LogP contribution in [0.2, 0.25) is 0 Å². The minimum Gasteiger partial charge on any atom is -0.472 e. The van der Waals surface area contributed by atoms with Gasteiger partial charge in [-0.2, -0.15) is 0 Å². The minimum absolute atomic E-state index is 0.0310. The number of hydrogen-bond acceptors (Lipinski definition) is 7. The number of hydrogen-bond donors (Lipinski definition) is 0. The summed E-state index contributed by atoms with van der Waals surface area (Å²) >= 11 is 0. The maximum absolute atomic E-state index is 12.3. The van der Waals surface area contributed by atoms with Crippen molar-refractivity contribution >= 4 is 11.7 Å². The van der Waals surface area contributed by atoms with Crippen LogP contribution in [0.15, 0.2) is 35.4 Å². The summed E-state index contributed by atoms with van der Waals surface area (Å²) in [5.41, 5.74) is 0.567. The summed E-state index contributed by atoms with van der Waals surface area (Å²) in [5, 5.41) is 0. The monoisotopic (exact) mass is 344 g/mol. The number of carbonyl (C=O) groups excluding carboxylic acids is 1. The molecular weight excluding hydrogens is 324 g/mol. The van der Waals surface area contributed by atoms with Gasteiger partial charge in [0.25, 0.3) is 5.91 Å². The summed E-state index contributed by atoms with van der Waals surface area (Å²) in [6, 6.07) is 3.53. The number of likely N-dealkylation sites (tertiary alicyclic amines) is 1. The van der Waals surface area contributed by atoms with Crippen molar-refractivity contribution in [1.29, 1.82) is 0 Å². The molecule has 2 aliphatic heterocycles. The second-order valence-corrected chi connectivity index (χ2v) is 6.11. The highest BCUT2D eigenvalue weighted by atomic mass is 16.5. The predicted molar refractivity (Wildman–Crippen MR) is 88.7 cm³/mol. The molecule has 8 nitrogen and oxygen atoms in total. The highest BCUT2D eigenvalue weighted by Gasteiger charge is 2.29. The van der Waals surface area contributed by atoms with Crippen LogP contribution in [0.5, 0.6) is 5.88 Å². The lowest BCUT2D eigenvalue weighted by Crippen LogP contribution is -2.36. The maximum Gasteiger partial charge on any atom is 0.257 e. The van der Waals surface area contributed by atoms with Crippen LogP contribution in [0.4, 0.5) is 5.82 Å². The molecule has 2 aromatic rings. The minimum atomic E-state index is -0.0664. The molecular formula is C17H20N4O4. The lowest BCUT2D eigenvalue weighted by Gasteiger charge is -2.27. The zero-order chi connectivity index (χ0) is 17.1. The number of amides is 1. The highest BCUT2D eigenvalue weighted by molar-refractivity contribution is 5.94. The van der Waals surface area contributed by atoms with Crippen molar-refractivity contribution in [2.75, 3.05) is 44.3 Å². The van der Waals surface area contributed by atoms with Crippen LogP contribution in [-0.4, -0.2) is 66.3 Å². The van der Waals surface area contributed by atoms with Gasteiger partial charge in [-0.05, 0) is 6.07 Å². The van der Waals surface area contributed by atoms with E-state index < -0.39 is 0 Å². The fourth-order valence-electron chi connectivity index (χ4n) is 3.11. The Morgan fingerprint density at radius 3 is 2.92 bits per heavy atom. The van der Waals surface area contributed by atoms with Gasteiger partial charge in [0, 0.05) is 32.1 Å². The second kappa shape index (κ2) is 7.10. The van der Waals surface area contributed by atoms with Crippen molar-refractivity contribution in [3.63, 3.8) is 0 Å². The summed E-state index contributed by atoms with van der Waals surface area (Å²) in [5.74, 6) is 1.35. The highest BCUT2D eigenvalue weighted by Crippen LogP contribution is 2.21. The van der Waals surface area contributed by atoms with Crippen molar-refractivity contribution in [2.24, 2.45) is 0 Å². The summed E-state index contributed by atoms with van der Waals surface area (Å²) in [7, 11) is 0. The van der Waals surface area contributed by atoms with Crippen LogP contribution in [0.25, 0.3) is 0 Å². The van der Waals surface area contributed by atoms with Gasteiger partial charge >= 0.3 is 0 Å². The average molecular weight is 344 g/mol. The van der Waals surface area contributed by atoms with Gasteiger partial charge in [0.15, 0.2) is 0 Å². The number of nitrogens with zero attached hydrogens (tertiary/aromatic N) is 4. The number of carbonyl (C=O) groups is 1.